The quantitative estimate of drug-likeness (QED) is 0.0222. The number of rotatable bonds is 86. The Hall–Kier alpha value is -1.94. The predicted molar refractivity (Wildman–Crippen MR) is 437 cm³/mol. The summed E-state index contributed by atoms with van der Waals surface area (Å²) in [6, 6.07) is 0. The van der Waals surface area contributed by atoms with Gasteiger partial charge in [-0.25, -0.2) is 9.13 Å². The van der Waals surface area contributed by atoms with Crippen molar-refractivity contribution < 1.29 is 80.2 Å². The third-order valence-corrected chi connectivity index (χ3v) is 22.4. The van der Waals surface area contributed by atoms with Crippen LogP contribution >= 0.6 is 15.6 Å². The standard InChI is InChI=1S/C87H170O17P2/c1-7-9-11-13-15-17-19-20-21-22-23-24-25-26-31-36-41-47-53-59-65-71-86(91)104-83(76-98-85(90)70-64-58-52-46-40-35-30-28-27-29-33-38-43-49-55-61-67-79(3)4)78-102-106(95,96)100-74-81(88)73-99-105(93,94)101-77-82(75-97-84(89)69-63-57-51-45-18-16-14-12-10-8-2)103-87(92)72-66-60-54-48-42-37-32-34-39-44-50-56-62-68-80(5)6/h79-83,88H,7-78H2,1-6H3,(H,93,94)(H,95,96)/t81-,82+,83+/m0/s1. The van der Waals surface area contributed by atoms with Crippen molar-refractivity contribution in [2.24, 2.45) is 11.8 Å². The molecule has 0 radical (unpaired) electrons. The lowest BCUT2D eigenvalue weighted by Gasteiger charge is -2.21. The molecule has 19 heteroatoms. The number of phosphoric ester groups is 2. The molecule has 0 saturated carbocycles. The van der Waals surface area contributed by atoms with Crippen molar-refractivity contribution in [2.75, 3.05) is 39.6 Å². The van der Waals surface area contributed by atoms with Crippen molar-refractivity contribution in [1.29, 1.82) is 0 Å². The number of hydrogen-bond acceptors (Lipinski definition) is 15. The molecule has 0 aliphatic heterocycles. The van der Waals surface area contributed by atoms with Gasteiger partial charge in [0.1, 0.15) is 19.3 Å². The van der Waals surface area contributed by atoms with E-state index in [1.165, 1.54) is 283 Å². The zero-order chi connectivity index (χ0) is 77.8. The monoisotopic (exact) mass is 1550 g/mol. The van der Waals surface area contributed by atoms with E-state index in [9.17, 15) is 43.2 Å². The van der Waals surface area contributed by atoms with Gasteiger partial charge < -0.3 is 33.8 Å². The maximum atomic E-state index is 13.2. The zero-order valence-corrected chi connectivity index (χ0v) is 71.5. The number of ether oxygens (including phenoxy) is 4. The number of aliphatic hydroxyl groups excluding tert-OH is 1. The Bertz CT molecular complexity index is 2030. The Labute approximate surface area is 651 Å². The van der Waals surface area contributed by atoms with E-state index in [1.807, 2.05) is 0 Å². The Morgan fingerprint density at radius 2 is 0.434 bits per heavy atom. The van der Waals surface area contributed by atoms with Gasteiger partial charge in [0.2, 0.25) is 0 Å². The second-order valence-corrected chi connectivity index (χ2v) is 35.1. The molecule has 0 bridgehead atoms. The van der Waals surface area contributed by atoms with Crippen LogP contribution in [0.1, 0.15) is 465 Å². The lowest BCUT2D eigenvalue weighted by molar-refractivity contribution is -0.161. The van der Waals surface area contributed by atoms with E-state index in [1.54, 1.807) is 0 Å². The number of phosphoric acid groups is 2. The van der Waals surface area contributed by atoms with Gasteiger partial charge in [0, 0.05) is 25.7 Å². The minimum atomic E-state index is -4.97. The van der Waals surface area contributed by atoms with Gasteiger partial charge in [0.15, 0.2) is 12.2 Å². The summed E-state index contributed by atoms with van der Waals surface area (Å²) in [7, 11) is -9.93. The van der Waals surface area contributed by atoms with Crippen LogP contribution in [0, 0.1) is 11.8 Å². The van der Waals surface area contributed by atoms with Gasteiger partial charge in [-0.2, -0.15) is 0 Å². The maximum Gasteiger partial charge on any atom is 0.472 e. The Kier molecular flexibility index (Phi) is 76.9. The highest BCUT2D eigenvalue weighted by Gasteiger charge is 2.30. The molecule has 2 unspecified atom stereocenters. The number of unbranched alkanes of at least 4 members (excludes halogenated alkanes) is 56. The smallest absolute Gasteiger partial charge is 0.462 e. The fraction of sp³-hybridized carbons (Fsp3) is 0.954. The number of esters is 4. The van der Waals surface area contributed by atoms with Gasteiger partial charge in [0.05, 0.1) is 26.4 Å². The lowest BCUT2D eigenvalue weighted by Crippen LogP contribution is -2.30. The molecule has 0 saturated heterocycles. The first-order valence-electron chi connectivity index (χ1n) is 45.0. The van der Waals surface area contributed by atoms with Crippen molar-refractivity contribution in [2.45, 2.75) is 484 Å². The second kappa shape index (κ2) is 78.3. The van der Waals surface area contributed by atoms with E-state index < -0.39 is 97.5 Å². The van der Waals surface area contributed by atoms with Crippen LogP contribution in [-0.2, 0) is 65.4 Å². The summed E-state index contributed by atoms with van der Waals surface area (Å²) in [5.41, 5.74) is 0. The molecule has 630 valence electrons. The van der Waals surface area contributed by atoms with E-state index in [0.717, 1.165) is 102 Å². The van der Waals surface area contributed by atoms with Crippen LogP contribution < -0.4 is 0 Å². The van der Waals surface area contributed by atoms with E-state index in [0.29, 0.717) is 25.7 Å². The maximum absolute atomic E-state index is 13.2. The first kappa shape index (κ1) is 104. The molecule has 0 heterocycles. The highest BCUT2D eigenvalue weighted by atomic mass is 31.2. The van der Waals surface area contributed by atoms with Crippen LogP contribution in [0.2, 0.25) is 0 Å². The fourth-order valence-electron chi connectivity index (χ4n) is 13.6. The van der Waals surface area contributed by atoms with E-state index in [2.05, 4.69) is 41.5 Å². The molecule has 0 fully saturated rings. The second-order valence-electron chi connectivity index (χ2n) is 32.2. The highest BCUT2D eigenvalue weighted by Crippen LogP contribution is 2.45. The van der Waals surface area contributed by atoms with Crippen molar-refractivity contribution >= 4 is 39.5 Å². The minimum absolute atomic E-state index is 0.108. The first-order chi connectivity index (χ1) is 51.4. The molecule has 0 aliphatic rings. The molecular formula is C87H170O17P2. The van der Waals surface area contributed by atoms with Crippen LogP contribution in [0.15, 0.2) is 0 Å². The molecule has 17 nitrogen and oxygen atoms in total. The van der Waals surface area contributed by atoms with Gasteiger partial charge in [-0.3, -0.25) is 37.3 Å². The average Bonchev–Trinajstić information content (AvgIpc) is 0.900. The molecule has 0 aromatic carbocycles. The fourth-order valence-corrected chi connectivity index (χ4v) is 15.2. The van der Waals surface area contributed by atoms with E-state index >= 15 is 0 Å². The minimum Gasteiger partial charge on any atom is -0.462 e. The van der Waals surface area contributed by atoms with Crippen molar-refractivity contribution in [1.82, 2.24) is 0 Å². The molecule has 0 amide bonds. The molecule has 106 heavy (non-hydrogen) atoms. The predicted octanol–water partition coefficient (Wildman–Crippen LogP) is 26.6. The molecule has 0 aliphatic carbocycles. The van der Waals surface area contributed by atoms with Crippen molar-refractivity contribution in [3.8, 4) is 0 Å². The van der Waals surface area contributed by atoms with Gasteiger partial charge in [-0.05, 0) is 37.5 Å². The average molecular weight is 1550 g/mol. The number of hydrogen-bond donors (Lipinski definition) is 3. The topological polar surface area (TPSA) is 237 Å². The summed E-state index contributed by atoms with van der Waals surface area (Å²) >= 11 is 0. The summed E-state index contributed by atoms with van der Waals surface area (Å²) in [6.45, 7) is 9.71. The SMILES string of the molecule is CCCCCCCCCCCCCCCCCCCCCCCC(=O)O[C@H](COC(=O)CCCCCCCCCCCCCCCCCCC(C)C)COP(=O)(O)OC[C@@H](O)COP(=O)(O)OC[C@@H](COC(=O)CCCCCCCCCCCC)OC(=O)CCCCCCCCCCCCCCCC(C)C. The number of carbonyl (C=O) groups is 4. The molecule has 0 spiro atoms. The van der Waals surface area contributed by atoms with Crippen molar-refractivity contribution in [3.05, 3.63) is 0 Å². The Morgan fingerprint density at radius 3 is 0.642 bits per heavy atom. The molecule has 5 atom stereocenters. The van der Waals surface area contributed by atoms with Gasteiger partial charge in [0.25, 0.3) is 0 Å². The lowest BCUT2D eigenvalue weighted by atomic mass is 10.0. The molecular weight excluding hydrogens is 1380 g/mol. The van der Waals surface area contributed by atoms with E-state index in [4.69, 9.17) is 37.0 Å². The third kappa shape index (κ3) is 80.1. The summed E-state index contributed by atoms with van der Waals surface area (Å²) < 4.78 is 68.9. The molecule has 0 aromatic heterocycles. The summed E-state index contributed by atoms with van der Waals surface area (Å²) in [6.07, 6.45) is 70.8. The van der Waals surface area contributed by atoms with Gasteiger partial charge in [-0.1, -0.05) is 414 Å². The first-order valence-corrected chi connectivity index (χ1v) is 48.0. The number of carbonyl (C=O) groups excluding carboxylic acids is 4. The Balaban J connectivity index is 5.22. The third-order valence-electron chi connectivity index (χ3n) is 20.5. The van der Waals surface area contributed by atoms with Gasteiger partial charge >= 0.3 is 39.5 Å². The largest absolute Gasteiger partial charge is 0.472 e. The van der Waals surface area contributed by atoms with Crippen LogP contribution in [0.4, 0.5) is 0 Å². The molecule has 0 aromatic rings. The number of aliphatic hydroxyl groups is 1. The Morgan fingerprint density at radius 1 is 0.255 bits per heavy atom. The van der Waals surface area contributed by atoms with E-state index in [-0.39, 0.29) is 25.7 Å². The van der Waals surface area contributed by atoms with Crippen molar-refractivity contribution in [3.63, 3.8) is 0 Å². The summed E-state index contributed by atoms with van der Waals surface area (Å²) in [5.74, 6) is -0.502. The van der Waals surface area contributed by atoms with Crippen LogP contribution in [0.3, 0.4) is 0 Å². The normalized spacial score (nSPS) is 13.8. The summed E-state index contributed by atoms with van der Waals surface area (Å²) in [5, 5.41) is 10.7. The highest BCUT2D eigenvalue weighted by molar-refractivity contribution is 7.47. The molecule has 3 N–H and O–H groups in total. The molecule has 0 rings (SSSR count). The summed E-state index contributed by atoms with van der Waals surface area (Å²) in [4.78, 5) is 73.2. The van der Waals surface area contributed by atoms with Gasteiger partial charge in [-0.15, -0.1) is 0 Å². The van der Waals surface area contributed by atoms with Crippen LogP contribution in [0.5, 0.6) is 0 Å². The van der Waals surface area contributed by atoms with Crippen LogP contribution in [0.25, 0.3) is 0 Å². The van der Waals surface area contributed by atoms with Crippen LogP contribution in [-0.4, -0.2) is 96.7 Å². The zero-order valence-electron chi connectivity index (χ0n) is 69.7.